The molecule has 29 heavy (non-hydrogen) atoms. The monoisotopic (exact) mass is 388 g/mol. The molecule has 1 heterocycles. The van der Waals surface area contributed by atoms with E-state index in [2.05, 4.69) is 17.2 Å². The standard InChI is InChI=1S/C25H28N2O2/c1-18-24(19(2)27(26-18)23-11-7-4-8-12-23)17-29-25(28)22-15-13-21(14-16-22)20-9-5-3-6-10-20/h4,7-8,11-16,20H,3,5-6,9-10,17H2,1-2H3. The van der Waals surface area contributed by atoms with Crippen LogP contribution in [0.3, 0.4) is 0 Å². The molecule has 0 unspecified atom stereocenters. The highest BCUT2D eigenvalue weighted by molar-refractivity contribution is 5.89. The summed E-state index contributed by atoms with van der Waals surface area (Å²) in [6, 6.07) is 18.0. The SMILES string of the molecule is Cc1nn(-c2ccccc2)c(C)c1COC(=O)c1ccc(C2CCCCC2)cc1. The molecule has 1 aliphatic carbocycles. The number of aryl methyl sites for hydroxylation is 1. The maximum atomic E-state index is 12.6. The molecule has 2 aromatic carbocycles. The van der Waals surface area contributed by atoms with Crippen molar-refractivity contribution >= 4 is 5.97 Å². The lowest BCUT2D eigenvalue weighted by Crippen LogP contribution is -2.08. The molecule has 0 amide bonds. The minimum absolute atomic E-state index is 0.230. The molecule has 1 aromatic heterocycles. The van der Waals surface area contributed by atoms with Crippen molar-refractivity contribution in [3.63, 3.8) is 0 Å². The number of nitrogens with zero attached hydrogens (tertiary/aromatic N) is 2. The van der Waals surface area contributed by atoms with Gasteiger partial charge in [-0.05, 0) is 62.4 Å². The van der Waals surface area contributed by atoms with Crippen LogP contribution in [0.15, 0.2) is 54.6 Å². The Hall–Kier alpha value is -2.88. The van der Waals surface area contributed by atoms with Crippen molar-refractivity contribution in [2.24, 2.45) is 0 Å². The molecule has 4 heteroatoms. The van der Waals surface area contributed by atoms with E-state index in [1.165, 1.54) is 37.7 Å². The summed E-state index contributed by atoms with van der Waals surface area (Å²) in [5.41, 5.74) is 5.79. The smallest absolute Gasteiger partial charge is 0.338 e. The third-order valence-electron chi connectivity index (χ3n) is 6.01. The molecule has 0 atom stereocenters. The van der Waals surface area contributed by atoms with Gasteiger partial charge < -0.3 is 4.74 Å². The van der Waals surface area contributed by atoms with E-state index < -0.39 is 0 Å². The summed E-state index contributed by atoms with van der Waals surface area (Å²) in [6.45, 7) is 4.19. The van der Waals surface area contributed by atoms with E-state index >= 15 is 0 Å². The topological polar surface area (TPSA) is 44.1 Å². The third kappa shape index (κ3) is 4.26. The van der Waals surface area contributed by atoms with Gasteiger partial charge in [0, 0.05) is 11.3 Å². The minimum atomic E-state index is -0.286. The number of aromatic nitrogens is 2. The Morgan fingerprint density at radius 1 is 1.00 bits per heavy atom. The molecular weight excluding hydrogens is 360 g/mol. The highest BCUT2D eigenvalue weighted by Crippen LogP contribution is 2.32. The fraction of sp³-hybridized carbons (Fsp3) is 0.360. The van der Waals surface area contributed by atoms with E-state index in [0.29, 0.717) is 11.5 Å². The van der Waals surface area contributed by atoms with Crippen molar-refractivity contribution in [2.75, 3.05) is 0 Å². The average Bonchev–Trinajstić information content (AvgIpc) is 3.07. The van der Waals surface area contributed by atoms with E-state index in [1.54, 1.807) is 0 Å². The minimum Gasteiger partial charge on any atom is -0.457 e. The van der Waals surface area contributed by atoms with Gasteiger partial charge in [0.25, 0.3) is 0 Å². The Kier molecular flexibility index (Phi) is 5.79. The van der Waals surface area contributed by atoms with Crippen LogP contribution in [0.4, 0.5) is 0 Å². The summed E-state index contributed by atoms with van der Waals surface area (Å²) < 4.78 is 7.52. The second-order valence-electron chi connectivity index (χ2n) is 7.93. The van der Waals surface area contributed by atoms with Crippen molar-refractivity contribution in [2.45, 2.75) is 58.5 Å². The van der Waals surface area contributed by atoms with Gasteiger partial charge >= 0.3 is 5.97 Å². The molecule has 1 fully saturated rings. The Labute approximate surface area is 172 Å². The van der Waals surface area contributed by atoms with Gasteiger partial charge in [0.1, 0.15) is 6.61 Å². The van der Waals surface area contributed by atoms with Gasteiger partial charge in [0.15, 0.2) is 0 Å². The first-order chi connectivity index (χ1) is 14.1. The van der Waals surface area contributed by atoms with Crippen LogP contribution < -0.4 is 0 Å². The highest BCUT2D eigenvalue weighted by Gasteiger charge is 2.18. The average molecular weight is 389 g/mol. The molecule has 0 spiro atoms. The second kappa shape index (κ2) is 8.64. The highest BCUT2D eigenvalue weighted by atomic mass is 16.5. The zero-order valence-electron chi connectivity index (χ0n) is 17.2. The van der Waals surface area contributed by atoms with Crippen molar-refractivity contribution in [3.05, 3.63) is 82.7 Å². The summed E-state index contributed by atoms with van der Waals surface area (Å²) in [4.78, 5) is 12.6. The van der Waals surface area contributed by atoms with Gasteiger partial charge in [0.05, 0.1) is 16.9 Å². The van der Waals surface area contributed by atoms with Crippen LogP contribution in [-0.4, -0.2) is 15.7 Å². The van der Waals surface area contributed by atoms with Gasteiger partial charge in [-0.25, -0.2) is 9.48 Å². The first-order valence-corrected chi connectivity index (χ1v) is 10.5. The van der Waals surface area contributed by atoms with Crippen LogP contribution in [-0.2, 0) is 11.3 Å². The number of para-hydroxylation sites is 1. The Morgan fingerprint density at radius 3 is 2.38 bits per heavy atom. The Balaban J connectivity index is 1.43. The van der Waals surface area contributed by atoms with E-state index in [0.717, 1.165) is 22.6 Å². The van der Waals surface area contributed by atoms with Crippen LogP contribution in [0.25, 0.3) is 5.69 Å². The van der Waals surface area contributed by atoms with Gasteiger partial charge in [-0.1, -0.05) is 49.6 Å². The van der Waals surface area contributed by atoms with E-state index in [9.17, 15) is 4.79 Å². The van der Waals surface area contributed by atoms with Crippen LogP contribution in [0.5, 0.6) is 0 Å². The normalized spacial score (nSPS) is 14.7. The molecule has 4 nitrogen and oxygen atoms in total. The Morgan fingerprint density at radius 2 is 1.69 bits per heavy atom. The summed E-state index contributed by atoms with van der Waals surface area (Å²) >= 11 is 0. The number of esters is 1. The third-order valence-corrected chi connectivity index (χ3v) is 6.01. The fourth-order valence-corrected chi connectivity index (χ4v) is 4.25. The van der Waals surface area contributed by atoms with Crippen molar-refractivity contribution in [1.82, 2.24) is 9.78 Å². The number of carbonyl (C=O) groups is 1. The van der Waals surface area contributed by atoms with Gasteiger partial charge in [-0.15, -0.1) is 0 Å². The lowest BCUT2D eigenvalue weighted by Gasteiger charge is -2.22. The molecule has 0 aliphatic heterocycles. The summed E-state index contributed by atoms with van der Waals surface area (Å²) in [5, 5.41) is 4.62. The quantitative estimate of drug-likeness (QED) is 0.512. The van der Waals surface area contributed by atoms with Crippen molar-refractivity contribution < 1.29 is 9.53 Å². The number of hydrogen-bond donors (Lipinski definition) is 0. The Bertz CT molecular complexity index is 968. The molecule has 0 N–H and O–H groups in total. The molecular formula is C25H28N2O2. The number of rotatable bonds is 5. The van der Waals surface area contributed by atoms with E-state index in [1.807, 2.05) is 61.0 Å². The lowest BCUT2D eigenvalue weighted by atomic mass is 9.84. The van der Waals surface area contributed by atoms with Crippen LogP contribution >= 0.6 is 0 Å². The fourth-order valence-electron chi connectivity index (χ4n) is 4.25. The molecule has 0 saturated heterocycles. The first kappa shape index (κ1) is 19.4. The number of carbonyl (C=O) groups excluding carboxylic acids is 1. The largest absolute Gasteiger partial charge is 0.457 e. The van der Waals surface area contributed by atoms with Crippen LogP contribution in [0.2, 0.25) is 0 Å². The van der Waals surface area contributed by atoms with Crippen molar-refractivity contribution in [1.29, 1.82) is 0 Å². The van der Waals surface area contributed by atoms with Gasteiger partial charge in [0.2, 0.25) is 0 Å². The number of ether oxygens (including phenoxy) is 1. The maximum Gasteiger partial charge on any atom is 0.338 e. The first-order valence-electron chi connectivity index (χ1n) is 10.5. The van der Waals surface area contributed by atoms with E-state index in [-0.39, 0.29) is 12.6 Å². The molecule has 150 valence electrons. The molecule has 0 radical (unpaired) electrons. The number of benzene rings is 2. The summed E-state index contributed by atoms with van der Waals surface area (Å²) in [5.74, 6) is 0.356. The molecule has 1 saturated carbocycles. The van der Waals surface area contributed by atoms with Crippen molar-refractivity contribution in [3.8, 4) is 5.69 Å². The molecule has 3 aromatic rings. The van der Waals surface area contributed by atoms with Crippen LogP contribution in [0, 0.1) is 13.8 Å². The molecule has 1 aliphatic rings. The van der Waals surface area contributed by atoms with Crippen LogP contribution in [0.1, 0.15) is 70.9 Å². The molecule has 4 rings (SSSR count). The van der Waals surface area contributed by atoms with E-state index in [4.69, 9.17) is 4.74 Å². The zero-order valence-corrected chi connectivity index (χ0v) is 17.2. The predicted molar refractivity (Wildman–Crippen MR) is 114 cm³/mol. The van der Waals surface area contributed by atoms with Gasteiger partial charge in [-0.3, -0.25) is 0 Å². The number of hydrogen-bond acceptors (Lipinski definition) is 3. The summed E-state index contributed by atoms with van der Waals surface area (Å²) in [6.07, 6.45) is 6.48. The van der Waals surface area contributed by atoms with Gasteiger partial charge in [-0.2, -0.15) is 5.10 Å². The zero-order chi connectivity index (χ0) is 20.2. The lowest BCUT2D eigenvalue weighted by molar-refractivity contribution is 0.0471. The summed E-state index contributed by atoms with van der Waals surface area (Å²) in [7, 11) is 0. The maximum absolute atomic E-state index is 12.6. The molecule has 0 bridgehead atoms. The second-order valence-corrected chi connectivity index (χ2v) is 7.93. The predicted octanol–water partition coefficient (Wildman–Crippen LogP) is 5.89.